The molecule has 0 aliphatic carbocycles. The van der Waals surface area contributed by atoms with Crippen molar-refractivity contribution in [2.75, 3.05) is 11.9 Å². The number of pyridine rings is 1. The van der Waals surface area contributed by atoms with Crippen LogP contribution in [0.3, 0.4) is 0 Å². The summed E-state index contributed by atoms with van der Waals surface area (Å²) in [5, 5.41) is 2.80. The van der Waals surface area contributed by atoms with E-state index in [1.807, 2.05) is 6.92 Å². The SMILES string of the molecule is CCCNc1cc(C(F)(F)F)cc(-c2ccccc2F)n1. The van der Waals surface area contributed by atoms with Gasteiger partial charge in [0.05, 0.1) is 11.3 Å². The van der Waals surface area contributed by atoms with Crippen LogP contribution in [0, 0.1) is 5.82 Å². The zero-order chi connectivity index (χ0) is 15.5. The summed E-state index contributed by atoms with van der Waals surface area (Å²) >= 11 is 0. The van der Waals surface area contributed by atoms with Crippen LogP contribution in [0.2, 0.25) is 0 Å². The fourth-order valence-corrected chi connectivity index (χ4v) is 1.84. The van der Waals surface area contributed by atoms with Crippen molar-refractivity contribution in [2.45, 2.75) is 19.5 Å². The van der Waals surface area contributed by atoms with E-state index >= 15 is 0 Å². The molecule has 1 aromatic heterocycles. The molecule has 2 nitrogen and oxygen atoms in total. The van der Waals surface area contributed by atoms with Crippen molar-refractivity contribution in [1.82, 2.24) is 4.98 Å². The number of alkyl halides is 3. The standard InChI is InChI=1S/C15H14F4N2/c1-2-7-20-14-9-10(15(17,18)19)8-13(21-14)11-5-3-4-6-12(11)16/h3-6,8-9H,2,7H2,1H3,(H,20,21). The molecular formula is C15H14F4N2. The number of aromatic nitrogens is 1. The predicted octanol–water partition coefficient (Wildman–Crippen LogP) is 4.73. The van der Waals surface area contributed by atoms with Crippen LogP contribution in [0.5, 0.6) is 0 Å². The number of anilines is 1. The smallest absolute Gasteiger partial charge is 0.370 e. The summed E-state index contributed by atoms with van der Waals surface area (Å²) in [6.45, 7) is 2.38. The minimum atomic E-state index is -4.51. The monoisotopic (exact) mass is 298 g/mol. The molecule has 0 radical (unpaired) electrons. The van der Waals surface area contributed by atoms with Crippen molar-refractivity contribution in [1.29, 1.82) is 0 Å². The van der Waals surface area contributed by atoms with Gasteiger partial charge in [0.15, 0.2) is 0 Å². The van der Waals surface area contributed by atoms with Crippen molar-refractivity contribution in [3.05, 3.63) is 47.8 Å². The van der Waals surface area contributed by atoms with E-state index in [0.717, 1.165) is 18.6 Å². The third-order valence-electron chi connectivity index (χ3n) is 2.86. The van der Waals surface area contributed by atoms with E-state index in [1.54, 1.807) is 6.07 Å². The van der Waals surface area contributed by atoms with Gasteiger partial charge in [-0.15, -0.1) is 0 Å². The third kappa shape index (κ3) is 3.71. The van der Waals surface area contributed by atoms with Crippen molar-refractivity contribution in [2.24, 2.45) is 0 Å². The quantitative estimate of drug-likeness (QED) is 0.825. The minimum absolute atomic E-state index is 0.0403. The van der Waals surface area contributed by atoms with Crippen LogP contribution in [0.15, 0.2) is 36.4 Å². The molecule has 0 bridgehead atoms. The first-order valence-corrected chi connectivity index (χ1v) is 6.50. The maximum absolute atomic E-state index is 13.7. The maximum atomic E-state index is 13.7. The Balaban J connectivity index is 2.52. The summed E-state index contributed by atoms with van der Waals surface area (Å²) in [5.74, 6) is -0.518. The van der Waals surface area contributed by atoms with Crippen molar-refractivity contribution >= 4 is 5.82 Å². The molecule has 112 valence electrons. The molecule has 0 saturated heterocycles. The molecule has 0 amide bonds. The van der Waals surface area contributed by atoms with Crippen LogP contribution in [-0.2, 0) is 6.18 Å². The fraction of sp³-hybridized carbons (Fsp3) is 0.267. The van der Waals surface area contributed by atoms with Gasteiger partial charge in [-0.05, 0) is 30.7 Å². The summed E-state index contributed by atoms with van der Waals surface area (Å²) in [6, 6.07) is 7.41. The topological polar surface area (TPSA) is 24.9 Å². The normalized spacial score (nSPS) is 11.5. The number of benzene rings is 1. The van der Waals surface area contributed by atoms with Crippen LogP contribution in [0.4, 0.5) is 23.4 Å². The molecule has 0 saturated carbocycles. The van der Waals surface area contributed by atoms with Gasteiger partial charge < -0.3 is 5.32 Å². The Morgan fingerprint density at radius 3 is 2.48 bits per heavy atom. The van der Waals surface area contributed by atoms with E-state index in [2.05, 4.69) is 10.3 Å². The average molecular weight is 298 g/mol. The highest BCUT2D eigenvalue weighted by Gasteiger charge is 2.32. The van der Waals surface area contributed by atoms with E-state index in [0.29, 0.717) is 6.54 Å². The molecule has 0 fully saturated rings. The lowest BCUT2D eigenvalue weighted by Crippen LogP contribution is -2.09. The zero-order valence-electron chi connectivity index (χ0n) is 11.3. The van der Waals surface area contributed by atoms with Gasteiger partial charge in [-0.3, -0.25) is 0 Å². The number of nitrogens with zero attached hydrogens (tertiary/aromatic N) is 1. The summed E-state index contributed by atoms with van der Waals surface area (Å²) in [5.41, 5.74) is -0.848. The molecule has 21 heavy (non-hydrogen) atoms. The molecule has 6 heteroatoms. The lowest BCUT2D eigenvalue weighted by Gasteiger charge is -2.13. The van der Waals surface area contributed by atoms with Crippen LogP contribution in [-0.4, -0.2) is 11.5 Å². The summed E-state index contributed by atoms with van der Waals surface area (Å²) < 4.78 is 52.6. The van der Waals surface area contributed by atoms with E-state index in [-0.39, 0.29) is 17.1 Å². The number of nitrogens with one attached hydrogen (secondary N) is 1. The highest BCUT2D eigenvalue weighted by molar-refractivity contribution is 5.63. The highest BCUT2D eigenvalue weighted by atomic mass is 19.4. The molecule has 0 aliphatic heterocycles. The van der Waals surface area contributed by atoms with Crippen LogP contribution in [0.1, 0.15) is 18.9 Å². The minimum Gasteiger partial charge on any atom is -0.370 e. The molecule has 0 aliphatic rings. The van der Waals surface area contributed by atoms with E-state index < -0.39 is 17.6 Å². The molecule has 0 spiro atoms. The second-order valence-electron chi connectivity index (χ2n) is 4.53. The predicted molar refractivity (Wildman–Crippen MR) is 73.4 cm³/mol. The summed E-state index contributed by atoms with van der Waals surface area (Å²) in [7, 11) is 0. The first-order valence-electron chi connectivity index (χ1n) is 6.50. The zero-order valence-corrected chi connectivity index (χ0v) is 11.3. The number of halogens is 4. The molecule has 1 N–H and O–H groups in total. The molecule has 0 atom stereocenters. The van der Waals surface area contributed by atoms with E-state index in [1.165, 1.54) is 18.2 Å². The largest absolute Gasteiger partial charge is 0.416 e. The Kier molecular flexibility index (Phi) is 4.45. The summed E-state index contributed by atoms with van der Waals surface area (Å²) in [6.07, 6.45) is -3.77. The van der Waals surface area contributed by atoms with Crippen molar-refractivity contribution in [3.63, 3.8) is 0 Å². The lowest BCUT2D eigenvalue weighted by molar-refractivity contribution is -0.137. The second kappa shape index (κ2) is 6.11. The van der Waals surface area contributed by atoms with Crippen LogP contribution >= 0.6 is 0 Å². The lowest BCUT2D eigenvalue weighted by atomic mass is 10.1. The van der Waals surface area contributed by atoms with Gasteiger partial charge in [-0.25, -0.2) is 9.37 Å². The van der Waals surface area contributed by atoms with Gasteiger partial charge >= 0.3 is 6.18 Å². The second-order valence-corrected chi connectivity index (χ2v) is 4.53. The first kappa shape index (κ1) is 15.3. The molecule has 2 aromatic rings. The van der Waals surface area contributed by atoms with Crippen LogP contribution < -0.4 is 5.32 Å². The van der Waals surface area contributed by atoms with Gasteiger partial charge in [0.2, 0.25) is 0 Å². The average Bonchev–Trinajstić information content (AvgIpc) is 2.44. The van der Waals surface area contributed by atoms with Gasteiger partial charge in [-0.2, -0.15) is 13.2 Å². The molecule has 2 rings (SSSR count). The third-order valence-corrected chi connectivity index (χ3v) is 2.86. The van der Waals surface area contributed by atoms with E-state index in [9.17, 15) is 17.6 Å². The Bertz CT molecular complexity index is 623. The molecule has 1 heterocycles. The molecule has 1 aromatic carbocycles. The van der Waals surface area contributed by atoms with Crippen LogP contribution in [0.25, 0.3) is 11.3 Å². The van der Waals surface area contributed by atoms with Gasteiger partial charge in [0, 0.05) is 12.1 Å². The van der Waals surface area contributed by atoms with Gasteiger partial charge in [0.25, 0.3) is 0 Å². The highest BCUT2D eigenvalue weighted by Crippen LogP contribution is 2.33. The molecule has 0 unspecified atom stereocenters. The Morgan fingerprint density at radius 1 is 1.14 bits per heavy atom. The Hall–Kier alpha value is -2.11. The molecular weight excluding hydrogens is 284 g/mol. The van der Waals surface area contributed by atoms with Gasteiger partial charge in [-0.1, -0.05) is 19.1 Å². The van der Waals surface area contributed by atoms with Crippen molar-refractivity contribution in [3.8, 4) is 11.3 Å². The fourth-order valence-electron chi connectivity index (χ4n) is 1.84. The Morgan fingerprint density at radius 2 is 1.86 bits per heavy atom. The number of hydrogen-bond donors (Lipinski definition) is 1. The first-order chi connectivity index (χ1) is 9.91. The maximum Gasteiger partial charge on any atom is 0.416 e. The van der Waals surface area contributed by atoms with Gasteiger partial charge in [0.1, 0.15) is 11.6 Å². The number of rotatable bonds is 4. The van der Waals surface area contributed by atoms with E-state index in [4.69, 9.17) is 0 Å². The Labute approximate surface area is 119 Å². The number of hydrogen-bond acceptors (Lipinski definition) is 2. The van der Waals surface area contributed by atoms with Crippen molar-refractivity contribution < 1.29 is 17.6 Å². The summed E-state index contributed by atoms with van der Waals surface area (Å²) in [4.78, 5) is 4.06.